The number of amides is 1. The topological polar surface area (TPSA) is 105 Å². The molecule has 2 rings (SSSR count). The van der Waals surface area contributed by atoms with E-state index in [0.717, 1.165) is 31.1 Å². The maximum atomic E-state index is 12.2. The van der Waals surface area contributed by atoms with Crippen LogP contribution in [0.15, 0.2) is 4.99 Å². The summed E-state index contributed by atoms with van der Waals surface area (Å²) in [7, 11) is 1.92. The van der Waals surface area contributed by atoms with Crippen molar-refractivity contribution < 1.29 is 9.53 Å². The molecule has 160 valence electrons. The van der Waals surface area contributed by atoms with Crippen LogP contribution in [0.4, 0.5) is 0 Å². The van der Waals surface area contributed by atoms with Crippen molar-refractivity contribution in [2.75, 3.05) is 26.2 Å². The monoisotopic (exact) mass is 507 g/mol. The summed E-state index contributed by atoms with van der Waals surface area (Å²) in [5, 5.41) is 17.7. The molecule has 10 heteroatoms. The fraction of sp³-hybridized carbons (Fsp3) is 0.778. The quantitative estimate of drug-likeness (QED) is 0.277. The van der Waals surface area contributed by atoms with Gasteiger partial charge in [0.05, 0.1) is 11.5 Å². The maximum absolute atomic E-state index is 12.2. The van der Waals surface area contributed by atoms with Gasteiger partial charge in [-0.05, 0) is 40.5 Å². The van der Waals surface area contributed by atoms with Crippen LogP contribution in [0.25, 0.3) is 0 Å². The van der Waals surface area contributed by atoms with Crippen molar-refractivity contribution in [2.24, 2.45) is 17.5 Å². The van der Waals surface area contributed by atoms with E-state index < -0.39 is 5.41 Å². The van der Waals surface area contributed by atoms with E-state index in [1.165, 1.54) is 0 Å². The fourth-order valence-electron chi connectivity index (χ4n) is 2.71. The van der Waals surface area contributed by atoms with Crippen molar-refractivity contribution in [3.05, 3.63) is 11.6 Å². The smallest absolute Gasteiger partial charge is 0.227 e. The molecule has 1 unspecified atom stereocenters. The Balaban J connectivity index is 0.00000392. The zero-order valence-electron chi connectivity index (χ0n) is 17.5. The van der Waals surface area contributed by atoms with Crippen molar-refractivity contribution >= 4 is 35.8 Å². The molecule has 1 saturated heterocycles. The molecule has 1 aromatic rings. The van der Waals surface area contributed by atoms with E-state index in [1.807, 2.05) is 39.3 Å². The Bertz CT molecular complexity index is 654. The normalized spacial score (nSPS) is 17.2. The van der Waals surface area contributed by atoms with Crippen LogP contribution in [-0.2, 0) is 23.1 Å². The molecule has 1 aliphatic rings. The van der Waals surface area contributed by atoms with Gasteiger partial charge in [-0.2, -0.15) is 0 Å². The largest absolute Gasteiger partial charge is 0.376 e. The molecule has 1 amide bonds. The molecule has 0 spiro atoms. The molecule has 0 aliphatic carbocycles. The number of guanidine groups is 1. The van der Waals surface area contributed by atoms with E-state index in [-0.39, 0.29) is 36.0 Å². The third-order valence-electron chi connectivity index (χ3n) is 4.73. The lowest BCUT2D eigenvalue weighted by molar-refractivity contribution is -0.128. The summed E-state index contributed by atoms with van der Waals surface area (Å²) in [5.74, 6) is 2.29. The third-order valence-corrected chi connectivity index (χ3v) is 4.73. The Labute approximate surface area is 184 Å². The van der Waals surface area contributed by atoms with Gasteiger partial charge in [-0.3, -0.25) is 4.79 Å². The SMILES string of the molecule is CCNC(=O)C(C)(C)CNC(=NCc1nnc(C)n1C)NCC1CCCO1.I. The van der Waals surface area contributed by atoms with Crippen LogP contribution in [0.3, 0.4) is 0 Å². The fourth-order valence-corrected chi connectivity index (χ4v) is 2.71. The molecule has 0 bridgehead atoms. The highest BCUT2D eigenvalue weighted by atomic mass is 127. The second kappa shape index (κ2) is 11.5. The molecule has 1 aromatic heterocycles. The van der Waals surface area contributed by atoms with E-state index >= 15 is 0 Å². The number of rotatable bonds is 8. The van der Waals surface area contributed by atoms with Gasteiger partial charge in [0.1, 0.15) is 12.4 Å². The van der Waals surface area contributed by atoms with Crippen molar-refractivity contribution in [3.63, 3.8) is 0 Å². The highest BCUT2D eigenvalue weighted by Gasteiger charge is 2.27. The van der Waals surface area contributed by atoms with Crippen LogP contribution < -0.4 is 16.0 Å². The number of hydrogen-bond acceptors (Lipinski definition) is 5. The number of halogens is 1. The van der Waals surface area contributed by atoms with Crippen molar-refractivity contribution in [1.82, 2.24) is 30.7 Å². The number of hydrogen-bond donors (Lipinski definition) is 3. The first-order valence-corrected chi connectivity index (χ1v) is 9.60. The minimum absolute atomic E-state index is 0. The second-order valence-electron chi connectivity index (χ2n) is 7.50. The zero-order chi connectivity index (χ0) is 19.9. The summed E-state index contributed by atoms with van der Waals surface area (Å²) in [4.78, 5) is 16.8. The summed E-state index contributed by atoms with van der Waals surface area (Å²) in [6.07, 6.45) is 2.34. The van der Waals surface area contributed by atoms with Gasteiger partial charge in [0, 0.05) is 33.3 Å². The number of nitrogens with one attached hydrogen (secondary N) is 3. The van der Waals surface area contributed by atoms with Gasteiger partial charge in [0.15, 0.2) is 11.8 Å². The molecule has 0 saturated carbocycles. The lowest BCUT2D eigenvalue weighted by Crippen LogP contribution is -2.49. The van der Waals surface area contributed by atoms with Crippen LogP contribution in [0, 0.1) is 12.3 Å². The summed E-state index contributed by atoms with van der Waals surface area (Å²) in [6, 6.07) is 0. The van der Waals surface area contributed by atoms with E-state index in [9.17, 15) is 4.79 Å². The minimum atomic E-state index is -0.552. The van der Waals surface area contributed by atoms with Crippen LogP contribution >= 0.6 is 24.0 Å². The first-order chi connectivity index (χ1) is 12.8. The van der Waals surface area contributed by atoms with Crippen LogP contribution in [0.1, 0.15) is 45.3 Å². The average Bonchev–Trinajstić information content (AvgIpc) is 3.26. The minimum Gasteiger partial charge on any atom is -0.376 e. The van der Waals surface area contributed by atoms with E-state index in [2.05, 4.69) is 31.1 Å². The van der Waals surface area contributed by atoms with E-state index in [4.69, 9.17) is 4.74 Å². The van der Waals surface area contributed by atoms with Gasteiger partial charge in [-0.1, -0.05) is 0 Å². The molecule has 3 N–H and O–H groups in total. The van der Waals surface area contributed by atoms with Crippen molar-refractivity contribution in [1.29, 1.82) is 0 Å². The highest BCUT2D eigenvalue weighted by molar-refractivity contribution is 14.0. The third kappa shape index (κ3) is 7.19. The molecular weight excluding hydrogens is 473 g/mol. The van der Waals surface area contributed by atoms with Gasteiger partial charge in [-0.25, -0.2) is 4.99 Å². The van der Waals surface area contributed by atoms with Crippen molar-refractivity contribution in [2.45, 2.75) is 53.2 Å². The number of carbonyl (C=O) groups excluding carboxylic acids is 1. The predicted octanol–water partition coefficient (Wildman–Crippen LogP) is 1.12. The first-order valence-electron chi connectivity index (χ1n) is 9.60. The summed E-state index contributed by atoms with van der Waals surface area (Å²) in [5.41, 5.74) is -0.552. The standard InChI is InChI=1S/C18H33N7O2.HI/c1-6-19-16(26)18(3,4)12-22-17(20-10-14-8-7-9-27-14)21-11-15-24-23-13(2)25(15)5;/h14H,6-12H2,1-5H3,(H,19,26)(H2,20,21,22);1H. The van der Waals surface area contributed by atoms with Crippen molar-refractivity contribution in [3.8, 4) is 0 Å². The molecule has 0 radical (unpaired) electrons. The van der Waals surface area contributed by atoms with Gasteiger partial charge < -0.3 is 25.3 Å². The zero-order valence-corrected chi connectivity index (χ0v) is 19.9. The Morgan fingerprint density at radius 1 is 1.32 bits per heavy atom. The molecule has 9 nitrogen and oxygen atoms in total. The number of aromatic nitrogens is 3. The van der Waals surface area contributed by atoms with E-state index in [0.29, 0.717) is 32.1 Å². The Hall–Kier alpha value is -1.43. The van der Waals surface area contributed by atoms with Gasteiger partial charge in [-0.15, -0.1) is 34.2 Å². The molecule has 1 atom stereocenters. The molecule has 28 heavy (non-hydrogen) atoms. The maximum Gasteiger partial charge on any atom is 0.227 e. The Morgan fingerprint density at radius 3 is 2.64 bits per heavy atom. The first kappa shape index (κ1) is 24.6. The lowest BCUT2D eigenvalue weighted by Gasteiger charge is -2.25. The second-order valence-corrected chi connectivity index (χ2v) is 7.50. The van der Waals surface area contributed by atoms with Gasteiger partial charge in [0.2, 0.25) is 5.91 Å². The molecule has 1 fully saturated rings. The Morgan fingerprint density at radius 2 is 2.07 bits per heavy atom. The van der Waals surface area contributed by atoms with Crippen LogP contribution in [0.5, 0.6) is 0 Å². The number of aliphatic imine (C=N–C) groups is 1. The summed E-state index contributed by atoms with van der Waals surface area (Å²) >= 11 is 0. The Kier molecular flexibility index (Phi) is 10.1. The van der Waals surface area contributed by atoms with Gasteiger partial charge >= 0.3 is 0 Å². The molecule has 2 heterocycles. The average molecular weight is 507 g/mol. The number of aryl methyl sites for hydroxylation is 1. The lowest BCUT2D eigenvalue weighted by atomic mass is 9.92. The number of carbonyl (C=O) groups is 1. The predicted molar refractivity (Wildman–Crippen MR) is 120 cm³/mol. The summed E-state index contributed by atoms with van der Waals surface area (Å²) in [6.45, 7) is 10.6. The highest BCUT2D eigenvalue weighted by Crippen LogP contribution is 2.14. The number of nitrogens with zero attached hydrogens (tertiary/aromatic N) is 4. The number of ether oxygens (including phenoxy) is 1. The molecule has 0 aromatic carbocycles. The molecule has 1 aliphatic heterocycles. The van der Waals surface area contributed by atoms with Crippen LogP contribution in [-0.4, -0.2) is 59.0 Å². The van der Waals surface area contributed by atoms with Crippen LogP contribution in [0.2, 0.25) is 0 Å². The van der Waals surface area contributed by atoms with E-state index in [1.54, 1.807) is 0 Å². The molecular formula is C18H34IN7O2. The van der Waals surface area contributed by atoms with Gasteiger partial charge in [0.25, 0.3) is 0 Å². The summed E-state index contributed by atoms with van der Waals surface area (Å²) < 4.78 is 7.58.